The van der Waals surface area contributed by atoms with Gasteiger partial charge in [-0.3, -0.25) is 14.6 Å². The van der Waals surface area contributed by atoms with Crippen LogP contribution in [0, 0.1) is 0 Å². The van der Waals surface area contributed by atoms with E-state index in [-0.39, 0.29) is 23.5 Å². The molecule has 0 N–H and O–H groups in total. The summed E-state index contributed by atoms with van der Waals surface area (Å²) >= 11 is 6.37. The van der Waals surface area contributed by atoms with E-state index in [1.54, 1.807) is 6.07 Å². The highest BCUT2D eigenvalue weighted by Crippen LogP contribution is 2.37. The molecule has 1 heterocycles. The first-order valence-electron chi connectivity index (χ1n) is 16.4. The summed E-state index contributed by atoms with van der Waals surface area (Å²) in [5.74, 6) is 0.982. The van der Waals surface area contributed by atoms with Gasteiger partial charge in [-0.1, -0.05) is 96.5 Å². The van der Waals surface area contributed by atoms with Gasteiger partial charge >= 0.3 is 12.1 Å². The Balaban J connectivity index is 1.27. The minimum atomic E-state index is -4.53. The van der Waals surface area contributed by atoms with Crippen molar-refractivity contribution in [2.24, 2.45) is 0 Å². The Hall–Kier alpha value is -3.85. The van der Waals surface area contributed by atoms with Crippen LogP contribution in [0.5, 0.6) is 5.75 Å². The number of ether oxygens (including phenoxy) is 2. The molecule has 4 aromatic carbocycles. The van der Waals surface area contributed by atoms with Gasteiger partial charge in [0.05, 0.1) is 30.8 Å². The number of likely N-dealkylation sites (tertiary alicyclic amines) is 1. The molecule has 1 aliphatic rings. The Morgan fingerprint density at radius 2 is 1.56 bits per heavy atom. The molecule has 0 amide bonds. The summed E-state index contributed by atoms with van der Waals surface area (Å²) in [4.78, 5) is 16.0. The van der Waals surface area contributed by atoms with Crippen LogP contribution in [0.2, 0.25) is 5.02 Å². The van der Waals surface area contributed by atoms with Crippen LogP contribution >= 0.6 is 11.6 Å². The number of carbonyl (C=O) groups excluding carboxylic acids is 1. The van der Waals surface area contributed by atoms with E-state index in [1.807, 2.05) is 48.5 Å². The minimum Gasteiger partial charge on any atom is -0.494 e. The topological polar surface area (TPSA) is 42.0 Å². The molecule has 0 saturated carbocycles. The quantitative estimate of drug-likeness (QED) is 0.0985. The number of carbonyl (C=O) groups is 1. The van der Waals surface area contributed by atoms with Crippen molar-refractivity contribution in [1.29, 1.82) is 0 Å². The van der Waals surface area contributed by atoms with Gasteiger partial charge in [-0.25, -0.2) is 0 Å². The minimum absolute atomic E-state index is 0.00797. The molecule has 4 aromatic rings. The van der Waals surface area contributed by atoms with Crippen molar-refractivity contribution in [2.45, 2.75) is 43.8 Å². The monoisotopic (exact) mass is 678 g/mol. The van der Waals surface area contributed by atoms with E-state index in [0.29, 0.717) is 44.1 Å². The van der Waals surface area contributed by atoms with Crippen LogP contribution in [-0.2, 0) is 22.3 Å². The average Bonchev–Trinajstić information content (AvgIpc) is 3.10. The van der Waals surface area contributed by atoms with E-state index in [4.69, 9.17) is 21.1 Å². The highest BCUT2D eigenvalue weighted by molar-refractivity contribution is 6.32. The summed E-state index contributed by atoms with van der Waals surface area (Å²) in [7, 11) is 1.41. The number of hydrogen-bond acceptors (Lipinski definition) is 5. The molecule has 0 aliphatic carbocycles. The number of piperidine rings is 1. The predicted molar refractivity (Wildman–Crippen MR) is 183 cm³/mol. The number of hydrogen-bond donors (Lipinski definition) is 0. The second-order valence-electron chi connectivity index (χ2n) is 12.3. The summed E-state index contributed by atoms with van der Waals surface area (Å²) in [6.07, 6.45) is -1.95. The molecule has 5 rings (SSSR count). The lowest BCUT2D eigenvalue weighted by molar-refractivity contribution is -0.142. The van der Waals surface area contributed by atoms with E-state index in [2.05, 4.69) is 46.2 Å². The van der Waals surface area contributed by atoms with Gasteiger partial charge < -0.3 is 9.47 Å². The fourth-order valence-corrected chi connectivity index (χ4v) is 6.73. The lowest BCUT2D eigenvalue weighted by Crippen LogP contribution is -2.37. The van der Waals surface area contributed by atoms with Crippen molar-refractivity contribution in [1.82, 2.24) is 9.80 Å². The molecule has 0 bridgehead atoms. The second-order valence-corrected chi connectivity index (χ2v) is 12.7. The van der Waals surface area contributed by atoms with Crippen LogP contribution in [0.3, 0.4) is 0 Å². The zero-order valence-electron chi connectivity index (χ0n) is 27.2. The first-order chi connectivity index (χ1) is 23.2. The van der Waals surface area contributed by atoms with E-state index in [1.165, 1.54) is 18.7 Å². The van der Waals surface area contributed by atoms with Crippen LogP contribution in [-0.4, -0.2) is 62.2 Å². The maximum atomic E-state index is 13.7. The van der Waals surface area contributed by atoms with E-state index in [0.717, 1.165) is 48.9 Å². The van der Waals surface area contributed by atoms with E-state index in [9.17, 15) is 18.0 Å². The molecule has 1 aliphatic heterocycles. The largest absolute Gasteiger partial charge is 0.494 e. The van der Waals surface area contributed by atoms with Gasteiger partial charge in [0.2, 0.25) is 0 Å². The number of benzene rings is 4. The molecule has 5 nitrogen and oxygen atoms in total. The van der Waals surface area contributed by atoms with Crippen molar-refractivity contribution in [2.75, 3.05) is 46.4 Å². The van der Waals surface area contributed by atoms with Gasteiger partial charge in [0, 0.05) is 25.6 Å². The molecular formula is C39H42ClF3N2O3. The van der Waals surface area contributed by atoms with Crippen molar-refractivity contribution in [3.05, 3.63) is 136 Å². The number of halogens is 4. The molecule has 254 valence electrons. The number of alkyl halides is 3. The first-order valence-corrected chi connectivity index (χ1v) is 16.8. The Kier molecular flexibility index (Phi) is 12.6. The number of nitrogens with zero attached hydrogens (tertiary/aromatic N) is 2. The Morgan fingerprint density at radius 3 is 2.19 bits per heavy atom. The highest BCUT2D eigenvalue weighted by atomic mass is 35.5. The van der Waals surface area contributed by atoms with Crippen LogP contribution in [0.4, 0.5) is 13.2 Å². The standard InChI is InChI=1S/C39H42ClF3N2O3/c1-47-37(46)28-44-22-19-29(20-23-44)32-15-8-17-34(25-32)48-24-10-21-45(26-33-16-9-18-36(38(33)40)39(41,42)43)27-35(30-11-4-2-5-12-30)31-13-6-3-7-14-31/h2-9,11-18,25,29,35H,10,19-24,26-28H2,1H3. The molecule has 0 aromatic heterocycles. The van der Waals surface area contributed by atoms with Crippen LogP contribution in [0.25, 0.3) is 0 Å². The van der Waals surface area contributed by atoms with Crippen LogP contribution in [0.1, 0.15) is 58.9 Å². The Bertz CT molecular complexity index is 1560. The first kappa shape index (κ1) is 35.5. The molecule has 0 atom stereocenters. The molecule has 0 unspecified atom stereocenters. The second kappa shape index (κ2) is 17.0. The summed E-state index contributed by atoms with van der Waals surface area (Å²) in [6.45, 7) is 3.90. The molecule has 0 radical (unpaired) electrons. The summed E-state index contributed by atoms with van der Waals surface area (Å²) in [6, 6.07) is 32.7. The predicted octanol–water partition coefficient (Wildman–Crippen LogP) is 8.81. The smallest absolute Gasteiger partial charge is 0.417 e. The van der Waals surface area contributed by atoms with Gasteiger partial charge in [0.25, 0.3) is 0 Å². The van der Waals surface area contributed by atoms with Crippen molar-refractivity contribution < 1.29 is 27.4 Å². The summed E-state index contributed by atoms with van der Waals surface area (Å²) < 4.78 is 52.2. The van der Waals surface area contributed by atoms with Gasteiger partial charge in [0.1, 0.15) is 5.75 Å². The van der Waals surface area contributed by atoms with Crippen LogP contribution in [0.15, 0.2) is 103 Å². The third-order valence-electron chi connectivity index (χ3n) is 9.01. The Morgan fingerprint density at radius 1 is 0.917 bits per heavy atom. The average molecular weight is 679 g/mol. The summed E-state index contributed by atoms with van der Waals surface area (Å²) in [5, 5.41) is -0.254. The Labute approximate surface area is 286 Å². The molecule has 0 spiro atoms. The SMILES string of the molecule is COC(=O)CN1CCC(c2cccc(OCCCN(Cc3cccc(C(F)(F)F)c3Cl)CC(c3ccccc3)c3ccccc3)c2)CC1. The highest BCUT2D eigenvalue weighted by Gasteiger charge is 2.34. The zero-order valence-corrected chi connectivity index (χ0v) is 27.9. The maximum absolute atomic E-state index is 13.7. The van der Waals surface area contributed by atoms with Crippen molar-refractivity contribution in [3.63, 3.8) is 0 Å². The summed E-state index contributed by atoms with van der Waals surface area (Å²) in [5.41, 5.74) is 3.11. The zero-order chi connectivity index (χ0) is 33.9. The lowest BCUT2D eigenvalue weighted by atomic mass is 9.89. The number of methoxy groups -OCH3 is 1. The van der Waals surface area contributed by atoms with Gasteiger partial charge in [-0.05, 0) is 78.7 Å². The number of esters is 1. The van der Waals surface area contributed by atoms with Gasteiger partial charge in [0.15, 0.2) is 0 Å². The van der Waals surface area contributed by atoms with Crippen molar-refractivity contribution in [3.8, 4) is 5.75 Å². The third-order valence-corrected chi connectivity index (χ3v) is 9.45. The third kappa shape index (κ3) is 9.84. The molecule has 9 heteroatoms. The normalized spacial score (nSPS) is 14.4. The lowest BCUT2D eigenvalue weighted by Gasteiger charge is -2.31. The van der Waals surface area contributed by atoms with E-state index >= 15 is 0 Å². The molecular weight excluding hydrogens is 637 g/mol. The van der Waals surface area contributed by atoms with Gasteiger partial charge in [-0.2, -0.15) is 13.2 Å². The molecule has 1 fully saturated rings. The van der Waals surface area contributed by atoms with Crippen LogP contribution < -0.4 is 4.74 Å². The fourth-order valence-electron chi connectivity index (χ4n) is 6.44. The molecule has 48 heavy (non-hydrogen) atoms. The maximum Gasteiger partial charge on any atom is 0.417 e. The van der Waals surface area contributed by atoms with Gasteiger partial charge in [-0.15, -0.1) is 0 Å². The number of rotatable bonds is 14. The van der Waals surface area contributed by atoms with Crippen molar-refractivity contribution >= 4 is 17.6 Å². The fraction of sp³-hybridized carbons (Fsp3) is 0.359. The molecule has 1 saturated heterocycles. The van der Waals surface area contributed by atoms with E-state index < -0.39 is 11.7 Å².